The summed E-state index contributed by atoms with van der Waals surface area (Å²) in [6.07, 6.45) is 1.54. The molecular weight excluding hydrogens is 251 g/mol. The second kappa shape index (κ2) is 8.81. The summed E-state index contributed by atoms with van der Waals surface area (Å²) in [4.78, 5) is 10.9. The van der Waals surface area contributed by atoms with Gasteiger partial charge in [-0.3, -0.25) is 0 Å². The summed E-state index contributed by atoms with van der Waals surface area (Å²) in [5.41, 5.74) is 0. The average molecular weight is 266 g/mol. The van der Waals surface area contributed by atoms with Crippen molar-refractivity contribution < 1.29 is 14.6 Å². The molecule has 1 aromatic rings. The second-order valence-corrected chi connectivity index (χ2v) is 3.98. The van der Waals surface area contributed by atoms with Gasteiger partial charge in [-0.1, -0.05) is 24.9 Å². The fraction of sp³-hybridized carbons (Fsp3) is 0.417. The van der Waals surface area contributed by atoms with Gasteiger partial charge in [-0.15, -0.1) is 0 Å². The molecular formula is C12H15ClNaO3. The van der Waals surface area contributed by atoms with Crippen LogP contribution in [0.1, 0.15) is 26.2 Å². The van der Waals surface area contributed by atoms with E-state index in [0.29, 0.717) is 17.2 Å². The van der Waals surface area contributed by atoms with Gasteiger partial charge in [-0.25, -0.2) is 4.79 Å². The molecule has 0 saturated carbocycles. The molecule has 1 N–H and O–H groups in total. The standard InChI is InChI=1S/C12H15ClO3.Na/c1-2-3-4-11(12(14)15)16-10-7-5-9(13)6-8-10;/h5-8,11H,2-4H2,1H3,(H,14,15);/t11-;/m0./s1. The van der Waals surface area contributed by atoms with Gasteiger partial charge in [0.05, 0.1) is 0 Å². The van der Waals surface area contributed by atoms with Crippen molar-refractivity contribution in [2.45, 2.75) is 32.3 Å². The minimum atomic E-state index is -0.927. The maximum Gasteiger partial charge on any atom is 0.344 e. The smallest absolute Gasteiger partial charge is 0.344 e. The fourth-order valence-corrected chi connectivity index (χ4v) is 1.43. The summed E-state index contributed by atoms with van der Waals surface area (Å²) in [6.45, 7) is 2.02. The van der Waals surface area contributed by atoms with Crippen LogP contribution in [0.4, 0.5) is 0 Å². The minimum Gasteiger partial charge on any atom is -0.479 e. The number of unbranched alkanes of at least 4 members (excludes halogenated alkanes) is 1. The molecule has 0 heterocycles. The number of hydrogen-bond acceptors (Lipinski definition) is 2. The molecule has 0 aliphatic rings. The van der Waals surface area contributed by atoms with Crippen LogP contribution in [0.15, 0.2) is 24.3 Å². The zero-order valence-electron chi connectivity index (χ0n) is 10.1. The molecule has 17 heavy (non-hydrogen) atoms. The van der Waals surface area contributed by atoms with E-state index in [2.05, 4.69) is 0 Å². The van der Waals surface area contributed by atoms with Crippen molar-refractivity contribution in [2.75, 3.05) is 0 Å². The van der Waals surface area contributed by atoms with E-state index >= 15 is 0 Å². The Kier molecular flexibility index (Phi) is 8.70. The van der Waals surface area contributed by atoms with Gasteiger partial charge in [0.25, 0.3) is 0 Å². The number of halogens is 1. The molecule has 3 nitrogen and oxygen atoms in total. The molecule has 0 aromatic heterocycles. The van der Waals surface area contributed by atoms with Gasteiger partial charge in [0.15, 0.2) is 6.10 Å². The summed E-state index contributed by atoms with van der Waals surface area (Å²) in [5, 5.41) is 9.57. The quantitative estimate of drug-likeness (QED) is 0.805. The molecule has 1 rings (SSSR count). The molecule has 0 aliphatic carbocycles. The third-order valence-electron chi connectivity index (χ3n) is 2.19. The van der Waals surface area contributed by atoms with E-state index in [1.54, 1.807) is 24.3 Å². The van der Waals surface area contributed by atoms with Crippen LogP contribution >= 0.6 is 11.6 Å². The Balaban J connectivity index is 0.00000256. The molecule has 0 saturated heterocycles. The van der Waals surface area contributed by atoms with Crippen LogP contribution in [0.3, 0.4) is 0 Å². The molecule has 5 heteroatoms. The Morgan fingerprint density at radius 2 is 2.00 bits per heavy atom. The monoisotopic (exact) mass is 265 g/mol. The van der Waals surface area contributed by atoms with Gasteiger partial charge >= 0.3 is 5.97 Å². The summed E-state index contributed by atoms with van der Waals surface area (Å²) in [5.74, 6) is -0.392. The van der Waals surface area contributed by atoms with Gasteiger partial charge in [-0.05, 0) is 37.1 Å². The van der Waals surface area contributed by atoms with E-state index in [9.17, 15) is 4.79 Å². The number of ether oxygens (including phenoxy) is 1. The molecule has 1 aromatic carbocycles. The first-order valence-corrected chi connectivity index (χ1v) is 5.66. The van der Waals surface area contributed by atoms with E-state index in [1.807, 2.05) is 6.92 Å². The Bertz CT molecular complexity index is 340. The molecule has 0 fully saturated rings. The number of carboxylic acids is 1. The molecule has 1 atom stereocenters. The van der Waals surface area contributed by atoms with E-state index in [4.69, 9.17) is 21.4 Å². The van der Waals surface area contributed by atoms with Gasteiger partial charge < -0.3 is 9.84 Å². The third-order valence-corrected chi connectivity index (χ3v) is 2.44. The summed E-state index contributed by atoms with van der Waals surface area (Å²) < 4.78 is 5.37. The fourth-order valence-electron chi connectivity index (χ4n) is 1.30. The van der Waals surface area contributed by atoms with Crippen molar-refractivity contribution in [3.63, 3.8) is 0 Å². The molecule has 89 valence electrons. The molecule has 0 unspecified atom stereocenters. The van der Waals surface area contributed by atoms with E-state index in [0.717, 1.165) is 12.8 Å². The Hall–Kier alpha value is -0.220. The number of aliphatic carboxylic acids is 1. The van der Waals surface area contributed by atoms with Crippen molar-refractivity contribution in [3.8, 4) is 5.75 Å². The molecule has 0 spiro atoms. The van der Waals surface area contributed by atoms with Crippen LogP contribution in [0.5, 0.6) is 5.75 Å². The molecule has 0 bridgehead atoms. The van der Waals surface area contributed by atoms with Crippen molar-refractivity contribution >= 4 is 47.1 Å². The maximum absolute atomic E-state index is 10.9. The van der Waals surface area contributed by atoms with Crippen molar-refractivity contribution in [1.82, 2.24) is 0 Å². The molecule has 0 aliphatic heterocycles. The van der Waals surface area contributed by atoms with Crippen LogP contribution in [-0.4, -0.2) is 46.7 Å². The van der Waals surface area contributed by atoms with Crippen LogP contribution in [-0.2, 0) is 4.79 Å². The number of carbonyl (C=O) groups is 1. The Labute approximate surface area is 128 Å². The first kappa shape index (κ1) is 16.8. The normalized spacial score (nSPS) is 11.4. The predicted molar refractivity (Wildman–Crippen MR) is 68.8 cm³/mol. The second-order valence-electron chi connectivity index (χ2n) is 3.54. The SMILES string of the molecule is CCCC[C@H](Oc1ccc(Cl)cc1)C(=O)O.[Na]. The third kappa shape index (κ3) is 6.32. The topological polar surface area (TPSA) is 46.5 Å². The van der Waals surface area contributed by atoms with Crippen molar-refractivity contribution in [2.24, 2.45) is 0 Å². The Morgan fingerprint density at radius 1 is 1.41 bits per heavy atom. The first-order chi connectivity index (χ1) is 7.63. The maximum atomic E-state index is 10.9. The summed E-state index contributed by atoms with van der Waals surface area (Å²) >= 11 is 5.72. The minimum absolute atomic E-state index is 0. The number of rotatable bonds is 6. The average Bonchev–Trinajstić information content (AvgIpc) is 2.26. The molecule has 1 radical (unpaired) electrons. The van der Waals surface area contributed by atoms with Crippen LogP contribution in [0.25, 0.3) is 0 Å². The van der Waals surface area contributed by atoms with Gasteiger partial charge in [0, 0.05) is 34.6 Å². The summed E-state index contributed by atoms with van der Waals surface area (Å²) in [6, 6.07) is 6.69. The van der Waals surface area contributed by atoms with E-state index in [1.165, 1.54) is 0 Å². The molecule has 0 amide bonds. The zero-order valence-corrected chi connectivity index (χ0v) is 12.9. The van der Waals surface area contributed by atoms with Gasteiger partial charge in [-0.2, -0.15) is 0 Å². The first-order valence-electron chi connectivity index (χ1n) is 5.28. The zero-order chi connectivity index (χ0) is 12.0. The largest absolute Gasteiger partial charge is 0.479 e. The predicted octanol–water partition coefficient (Wildman–Crippen LogP) is 2.98. The van der Waals surface area contributed by atoms with Gasteiger partial charge in [0.1, 0.15) is 5.75 Å². The van der Waals surface area contributed by atoms with E-state index < -0.39 is 12.1 Å². The number of carboxylic acid groups (broad SMARTS) is 1. The van der Waals surface area contributed by atoms with Crippen LogP contribution in [0, 0.1) is 0 Å². The van der Waals surface area contributed by atoms with Gasteiger partial charge in [0.2, 0.25) is 0 Å². The van der Waals surface area contributed by atoms with Crippen molar-refractivity contribution in [3.05, 3.63) is 29.3 Å². The van der Waals surface area contributed by atoms with Crippen LogP contribution < -0.4 is 4.74 Å². The number of benzene rings is 1. The number of hydrogen-bond donors (Lipinski definition) is 1. The summed E-state index contributed by atoms with van der Waals surface area (Å²) in [7, 11) is 0. The van der Waals surface area contributed by atoms with E-state index in [-0.39, 0.29) is 29.6 Å². The van der Waals surface area contributed by atoms with Crippen LogP contribution in [0.2, 0.25) is 5.02 Å². The van der Waals surface area contributed by atoms with Crippen molar-refractivity contribution in [1.29, 1.82) is 0 Å². The Morgan fingerprint density at radius 3 is 2.47 bits per heavy atom.